The minimum atomic E-state index is 0.124. The number of carbonyl (C=O) groups excluding carboxylic acids is 1. The summed E-state index contributed by atoms with van der Waals surface area (Å²) in [6.07, 6.45) is 9.50. The van der Waals surface area contributed by atoms with E-state index in [1.54, 1.807) is 0 Å². The fraction of sp³-hybridized carbons (Fsp3) is 0.231. The second-order valence-corrected chi connectivity index (χ2v) is 8.05. The first-order valence-electron chi connectivity index (χ1n) is 10.7. The molecule has 1 amide bonds. The Bertz CT molecular complexity index is 1160. The van der Waals surface area contributed by atoms with Crippen LogP contribution in [0.3, 0.4) is 0 Å². The quantitative estimate of drug-likeness (QED) is 0.448. The van der Waals surface area contributed by atoms with E-state index >= 15 is 0 Å². The molecule has 4 heteroatoms. The number of hydrogen-bond acceptors (Lipinski definition) is 2. The van der Waals surface area contributed by atoms with Crippen molar-refractivity contribution in [2.75, 3.05) is 5.32 Å². The third-order valence-corrected chi connectivity index (χ3v) is 6.00. The number of carbonyl (C=O) groups is 1. The van der Waals surface area contributed by atoms with Crippen molar-refractivity contribution < 1.29 is 4.79 Å². The van der Waals surface area contributed by atoms with Crippen molar-refractivity contribution in [3.63, 3.8) is 0 Å². The van der Waals surface area contributed by atoms with Crippen LogP contribution in [-0.2, 0) is 4.79 Å². The lowest BCUT2D eigenvalue weighted by Gasteiger charge is -2.20. The molecule has 150 valence electrons. The average Bonchev–Trinajstić information content (AvgIpc) is 3.26. The maximum absolute atomic E-state index is 12.7. The van der Waals surface area contributed by atoms with Crippen LogP contribution in [0, 0.1) is 5.92 Å². The summed E-state index contributed by atoms with van der Waals surface area (Å²) in [6, 6.07) is 22.7. The molecule has 30 heavy (non-hydrogen) atoms. The van der Waals surface area contributed by atoms with Crippen molar-refractivity contribution in [2.24, 2.45) is 5.92 Å². The number of fused-ring (bicyclic) bond motifs is 1. The molecule has 2 aromatic heterocycles. The monoisotopic (exact) mass is 395 g/mol. The van der Waals surface area contributed by atoms with E-state index in [2.05, 4.69) is 53.8 Å². The van der Waals surface area contributed by atoms with Gasteiger partial charge < -0.3 is 9.72 Å². The van der Waals surface area contributed by atoms with Gasteiger partial charge in [0.1, 0.15) is 0 Å². The van der Waals surface area contributed by atoms with E-state index in [-0.39, 0.29) is 11.8 Å². The minimum Gasteiger partial charge on any atom is -0.323 e. The van der Waals surface area contributed by atoms with Crippen LogP contribution >= 0.6 is 0 Å². The molecule has 0 spiro atoms. The zero-order valence-electron chi connectivity index (χ0n) is 16.9. The van der Waals surface area contributed by atoms with Gasteiger partial charge in [-0.2, -0.15) is 0 Å². The highest BCUT2D eigenvalue weighted by atomic mass is 16.1. The van der Waals surface area contributed by atoms with Crippen molar-refractivity contribution in [1.82, 2.24) is 9.38 Å². The van der Waals surface area contributed by atoms with E-state index in [0.29, 0.717) is 0 Å². The number of pyridine rings is 1. The van der Waals surface area contributed by atoms with Crippen molar-refractivity contribution in [2.45, 2.75) is 32.1 Å². The van der Waals surface area contributed by atoms with Gasteiger partial charge in [0, 0.05) is 23.9 Å². The van der Waals surface area contributed by atoms with Crippen LogP contribution in [0.25, 0.3) is 28.0 Å². The Morgan fingerprint density at radius 2 is 1.53 bits per heavy atom. The smallest absolute Gasteiger partial charge is 0.227 e. The highest BCUT2D eigenvalue weighted by Gasteiger charge is 2.22. The summed E-state index contributed by atoms with van der Waals surface area (Å²) in [5.74, 6) is 0.249. The molecule has 0 atom stereocenters. The van der Waals surface area contributed by atoms with Crippen LogP contribution in [0.4, 0.5) is 5.69 Å². The molecule has 0 bridgehead atoms. The first kappa shape index (κ1) is 18.6. The first-order chi connectivity index (χ1) is 14.8. The lowest BCUT2D eigenvalue weighted by atomic mass is 9.88. The molecular formula is C26H25N3O. The highest BCUT2D eigenvalue weighted by Crippen LogP contribution is 2.28. The van der Waals surface area contributed by atoms with Gasteiger partial charge in [0.05, 0.1) is 11.4 Å². The molecule has 2 aromatic carbocycles. The number of imidazole rings is 1. The maximum atomic E-state index is 12.7. The van der Waals surface area contributed by atoms with Crippen LogP contribution < -0.4 is 5.32 Å². The van der Waals surface area contributed by atoms with E-state index < -0.39 is 0 Å². The number of amides is 1. The summed E-state index contributed by atoms with van der Waals surface area (Å²) in [4.78, 5) is 17.5. The van der Waals surface area contributed by atoms with Crippen LogP contribution in [-0.4, -0.2) is 15.3 Å². The fourth-order valence-corrected chi connectivity index (χ4v) is 4.31. The van der Waals surface area contributed by atoms with E-state index in [9.17, 15) is 4.79 Å². The van der Waals surface area contributed by atoms with Crippen LogP contribution in [0.2, 0.25) is 0 Å². The molecule has 4 nitrogen and oxygen atoms in total. The summed E-state index contributed by atoms with van der Waals surface area (Å²) in [6.45, 7) is 0. The summed E-state index contributed by atoms with van der Waals surface area (Å²) in [5.41, 5.74) is 5.90. The molecular weight excluding hydrogens is 370 g/mol. The fourth-order valence-electron chi connectivity index (χ4n) is 4.31. The van der Waals surface area contributed by atoms with Crippen LogP contribution in [0.15, 0.2) is 79.1 Å². The van der Waals surface area contributed by atoms with Gasteiger partial charge in [-0.05, 0) is 36.1 Å². The van der Waals surface area contributed by atoms with Gasteiger partial charge >= 0.3 is 0 Å². The molecule has 5 rings (SSSR count). The largest absolute Gasteiger partial charge is 0.323 e. The van der Waals surface area contributed by atoms with Gasteiger partial charge in [-0.3, -0.25) is 4.79 Å². The maximum Gasteiger partial charge on any atom is 0.227 e. The number of benzene rings is 2. The van der Waals surface area contributed by atoms with Crippen molar-refractivity contribution in [3.8, 4) is 22.4 Å². The van der Waals surface area contributed by atoms with E-state index in [0.717, 1.165) is 48.3 Å². The summed E-state index contributed by atoms with van der Waals surface area (Å²) >= 11 is 0. The number of aromatic nitrogens is 2. The number of rotatable bonds is 4. The van der Waals surface area contributed by atoms with E-state index in [4.69, 9.17) is 4.98 Å². The summed E-state index contributed by atoms with van der Waals surface area (Å²) in [5, 5.41) is 3.13. The van der Waals surface area contributed by atoms with Crippen molar-refractivity contribution in [3.05, 3.63) is 79.1 Å². The molecule has 0 aliphatic heterocycles. The third kappa shape index (κ3) is 3.73. The standard InChI is InChI=1S/C26H25N3O/c30-26(22-10-5-2-6-11-22)28-23-12-7-17-29-18-24(27-25(23)29)21-15-13-20(14-16-21)19-8-3-1-4-9-19/h1,3-4,7-9,12-18,22H,2,5-6,10-11H2,(H,28,30). The predicted molar refractivity (Wildman–Crippen MR) is 121 cm³/mol. The molecule has 0 radical (unpaired) electrons. The molecule has 1 aliphatic rings. The molecule has 0 unspecified atom stereocenters. The average molecular weight is 396 g/mol. The van der Waals surface area contributed by atoms with E-state index in [1.165, 1.54) is 17.5 Å². The van der Waals surface area contributed by atoms with Gasteiger partial charge in [-0.15, -0.1) is 0 Å². The SMILES string of the molecule is O=C(Nc1cccn2cc(-c3ccc(-c4ccccc4)cc3)nc12)C1CCCCC1. The Morgan fingerprint density at radius 3 is 2.30 bits per heavy atom. The molecule has 1 fully saturated rings. The van der Waals surface area contributed by atoms with Gasteiger partial charge in [0.15, 0.2) is 5.65 Å². The minimum absolute atomic E-state index is 0.124. The van der Waals surface area contributed by atoms with Crippen molar-refractivity contribution in [1.29, 1.82) is 0 Å². The van der Waals surface area contributed by atoms with Gasteiger partial charge in [-0.25, -0.2) is 4.98 Å². The second kappa shape index (κ2) is 8.15. The third-order valence-electron chi connectivity index (χ3n) is 6.00. The molecule has 0 saturated heterocycles. The highest BCUT2D eigenvalue weighted by molar-refractivity contribution is 5.96. The predicted octanol–water partition coefficient (Wildman–Crippen LogP) is 6.19. The number of hydrogen-bond donors (Lipinski definition) is 1. The number of nitrogens with one attached hydrogen (secondary N) is 1. The zero-order chi connectivity index (χ0) is 20.3. The van der Waals surface area contributed by atoms with Crippen LogP contribution in [0.1, 0.15) is 32.1 Å². The zero-order valence-corrected chi connectivity index (χ0v) is 16.9. The Hall–Kier alpha value is -3.40. The Balaban J connectivity index is 1.41. The van der Waals surface area contributed by atoms with Gasteiger partial charge in [0.2, 0.25) is 5.91 Å². The van der Waals surface area contributed by atoms with Gasteiger partial charge in [0.25, 0.3) is 0 Å². The van der Waals surface area contributed by atoms with Crippen LogP contribution in [0.5, 0.6) is 0 Å². The lowest BCUT2D eigenvalue weighted by Crippen LogP contribution is -2.24. The molecule has 2 heterocycles. The second-order valence-electron chi connectivity index (χ2n) is 8.05. The number of nitrogens with zero attached hydrogens (tertiary/aromatic N) is 2. The molecule has 1 N–H and O–H groups in total. The Labute approximate surface area is 176 Å². The van der Waals surface area contributed by atoms with E-state index in [1.807, 2.05) is 35.0 Å². The number of anilines is 1. The normalized spacial score (nSPS) is 14.7. The summed E-state index contributed by atoms with van der Waals surface area (Å²) < 4.78 is 1.98. The molecule has 1 saturated carbocycles. The Morgan fingerprint density at radius 1 is 0.833 bits per heavy atom. The topological polar surface area (TPSA) is 46.4 Å². The van der Waals surface area contributed by atoms with Crippen molar-refractivity contribution >= 4 is 17.2 Å². The molecule has 4 aromatic rings. The Kier molecular flexibility index (Phi) is 5.06. The molecule has 1 aliphatic carbocycles. The first-order valence-corrected chi connectivity index (χ1v) is 10.7. The summed E-state index contributed by atoms with van der Waals surface area (Å²) in [7, 11) is 0. The lowest BCUT2D eigenvalue weighted by molar-refractivity contribution is -0.120. The van der Waals surface area contributed by atoms with Gasteiger partial charge in [-0.1, -0.05) is 73.9 Å².